The van der Waals surface area contributed by atoms with Crippen LogP contribution in [-0.4, -0.2) is 15.7 Å². The minimum Gasteiger partial charge on any atom is -0.324 e. The molecule has 1 aliphatic carbocycles. The van der Waals surface area contributed by atoms with Crippen molar-refractivity contribution in [2.24, 2.45) is 0 Å². The predicted octanol–water partition coefficient (Wildman–Crippen LogP) is 4.66. The molecule has 0 aliphatic heterocycles. The lowest BCUT2D eigenvalue weighted by Crippen LogP contribution is -2.21. The molecule has 2 aromatic rings. The Morgan fingerprint density at radius 2 is 2.04 bits per heavy atom. The highest BCUT2D eigenvalue weighted by Gasteiger charge is 2.34. The van der Waals surface area contributed by atoms with Crippen molar-refractivity contribution < 1.29 is 13.6 Å². The number of benzene rings is 1. The van der Waals surface area contributed by atoms with Crippen LogP contribution in [-0.2, 0) is 17.8 Å². The Labute approximate surface area is 147 Å². The average Bonchev–Trinajstić information content (AvgIpc) is 3.32. The van der Waals surface area contributed by atoms with Gasteiger partial charge in [-0.05, 0) is 52.9 Å². The molecule has 0 radical (unpaired) electrons. The van der Waals surface area contributed by atoms with Gasteiger partial charge in [-0.15, -0.1) is 0 Å². The number of aromatic nitrogens is 2. The van der Waals surface area contributed by atoms with E-state index in [0.29, 0.717) is 15.9 Å². The third-order valence-corrected chi connectivity index (χ3v) is 4.88. The second-order valence-corrected chi connectivity index (χ2v) is 6.71. The van der Waals surface area contributed by atoms with Crippen LogP contribution >= 0.6 is 15.9 Å². The van der Waals surface area contributed by atoms with E-state index >= 15 is 0 Å². The number of nitrogens with zero attached hydrogens (tertiary/aromatic N) is 2. The fraction of sp³-hybridized carbons (Fsp3) is 0.412. The largest absolute Gasteiger partial charge is 0.324 e. The predicted molar refractivity (Wildman–Crippen MR) is 91.3 cm³/mol. The van der Waals surface area contributed by atoms with Gasteiger partial charge in [-0.3, -0.25) is 9.48 Å². The van der Waals surface area contributed by atoms with Gasteiger partial charge in [0.05, 0.1) is 10.2 Å². The van der Waals surface area contributed by atoms with E-state index in [1.165, 1.54) is 10.2 Å². The number of rotatable bonds is 6. The van der Waals surface area contributed by atoms with E-state index in [-0.39, 0.29) is 24.1 Å². The molecule has 0 atom stereocenters. The fourth-order valence-electron chi connectivity index (χ4n) is 2.64. The summed E-state index contributed by atoms with van der Waals surface area (Å²) in [6.45, 7) is 1.98. The summed E-state index contributed by atoms with van der Waals surface area (Å²) in [6, 6.07) is 7.57. The molecule has 1 aromatic carbocycles. The molecule has 0 saturated heterocycles. The van der Waals surface area contributed by atoms with E-state index in [1.54, 1.807) is 0 Å². The Hall–Kier alpha value is -1.76. The molecule has 1 saturated carbocycles. The van der Waals surface area contributed by atoms with Crippen molar-refractivity contribution in [1.29, 1.82) is 0 Å². The maximum absolute atomic E-state index is 13.1. The second kappa shape index (κ2) is 7.01. The van der Waals surface area contributed by atoms with Crippen LogP contribution in [0.2, 0.25) is 0 Å². The maximum atomic E-state index is 13.1. The summed E-state index contributed by atoms with van der Waals surface area (Å²) in [5.41, 5.74) is 2.27. The van der Waals surface area contributed by atoms with Crippen LogP contribution in [0.3, 0.4) is 0 Å². The number of halogens is 3. The van der Waals surface area contributed by atoms with Gasteiger partial charge < -0.3 is 5.32 Å². The van der Waals surface area contributed by atoms with Gasteiger partial charge in [0, 0.05) is 11.6 Å². The lowest BCUT2D eigenvalue weighted by molar-refractivity contribution is -0.117. The molecule has 0 unspecified atom stereocenters. The van der Waals surface area contributed by atoms with Crippen LogP contribution in [0.5, 0.6) is 0 Å². The summed E-state index contributed by atoms with van der Waals surface area (Å²) in [5.74, 6) is -0.0759. The summed E-state index contributed by atoms with van der Waals surface area (Å²) in [4.78, 5) is 12.2. The number of amides is 1. The van der Waals surface area contributed by atoms with Gasteiger partial charge in [0.25, 0.3) is 6.43 Å². The molecule has 24 heavy (non-hydrogen) atoms. The van der Waals surface area contributed by atoms with Crippen molar-refractivity contribution in [3.63, 3.8) is 0 Å². The van der Waals surface area contributed by atoms with Crippen LogP contribution < -0.4 is 5.32 Å². The van der Waals surface area contributed by atoms with Gasteiger partial charge in [-0.2, -0.15) is 5.10 Å². The molecule has 1 N–H and O–H groups in total. The van der Waals surface area contributed by atoms with Gasteiger partial charge in [0.1, 0.15) is 12.2 Å². The quantitative estimate of drug-likeness (QED) is 0.770. The molecule has 7 heteroatoms. The number of aryl methyl sites for hydroxylation is 1. The Balaban J connectivity index is 1.75. The first-order chi connectivity index (χ1) is 11.5. The fourth-order valence-corrected chi connectivity index (χ4v) is 3.42. The smallest absolute Gasteiger partial charge is 0.283 e. The van der Waals surface area contributed by atoms with Gasteiger partial charge in [0.15, 0.2) is 0 Å². The third-order valence-electron chi connectivity index (χ3n) is 4.07. The van der Waals surface area contributed by atoms with Gasteiger partial charge >= 0.3 is 0 Å². The molecule has 1 fully saturated rings. The number of alkyl halides is 2. The van der Waals surface area contributed by atoms with Crippen LogP contribution in [0.4, 0.5) is 14.5 Å². The number of carbonyl (C=O) groups is 1. The minimum absolute atomic E-state index is 0.0767. The van der Waals surface area contributed by atoms with Crippen molar-refractivity contribution in [2.75, 3.05) is 5.32 Å². The standard InChI is InChI=1S/C17H18BrF2N3O/c1-2-10-3-7-12(8-4-10)21-13(24)9-23-16(11-5-6-11)14(18)15(22-23)17(19)20/h3-4,7-8,11,17H,2,5-6,9H2,1H3,(H,21,24). The van der Waals surface area contributed by atoms with Gasteiger partial charge in [-0.1, -0.05) is 19.1 Å². The minimum atomic E-state index is -2.66. The van der Waals surface area contributed by atoms with Crippen molar-refractivity contribution in [3.05, 3.63) is 45.7 Å². The Morgan fingerprint density at radius 3 is 2.58 bits per heavy atom. The van der Waals surface area contributed by atoms with Crippen LogP contribution in [0.25, 0.3) is 0 Å². The van der Waals surface area contributed by atoms with E-state index in [4.69, 9.17) is 0 Å². The molecule has 0 spiro atoms. The summed E-state index contributed by atoms with van der Waals surface area (Å²) >= 11 is 3.22. The summed E-state index contributed by atoms with van der Waals surface area (Å²) in [7, 11) is 0. The number of anilines is 1. The van der Waals surface area contributed by atoms with E-state index in [0.717, 1.165) is 19.3 Å². The zero-order valence-corrected chi connectivity index (χ0v) is 14.8. The molecule has 128 valence electrons. The Morgan fingerprint density at radius 1 is 1.38 bits per heavy atom. The average molecular weight is 398 g/mol. The first kappa shape index (κ1) is 17.1. The van der Waals surface area contributed by atoms with Gasteiger partial charge in [0.2, 0.25) is 5.91 Å². The molecule has 4 nitrogen and oxygen atoms in total. The second-order valence-electron chi connectivity index (χ2n) is 5.92. The van der Waals surface area contributed by atoms with Crippen LogP contribution in [0, 0.1) is 0 Å². The lowest BCUT2D eigenvalue weighted by atomic mass is 10.1. The van der Waals surface area contributed by atoms with Crippen molar-refractivity contribution in [1.82, 2.24) is 9.78 Å². The highest BCUT2D eigenvalue weighted by atomic mass is 79.9. The van der Waals surface area contributed by atoms with E-state index in [9.17, 15) is 13.6 Å². The summed E-state index contributed by atoms with van der Waals surface area (Å²) < 4.78 is 27.8. The molecule has 1 aliphatic rings. The molecule has 1 amide bonds. The Bertz CT molecular complexity index is 739. The highest BCUT2D eigenvalue weighted by Crippen LogP contribution is 2.45. The summed E-state index contributed by atoms with van der Waals surface area (Å²) in [5, 5.41) is 6.72. The van der Waals surface area contributed by atoms with Crippen molar-refractivity contribution in [2.45, 2.75) is 45.1 Å². The molecule has 1 aromatic heterocycles. The Kier molecular flexibility index (Phi) is 4.99. The number of hydrogen-bond acceptors (Lipinski definition) is 2. The monoisotopic (exact) mass is 397 g/mol. The maximum Gasteiger partial charge on any atom is 0.283 e. The summed E-state index contributed by atoms with van der Waals surface area (Å²) in [6.07, 6.45) is 0.138. The SMILES string of the molecule is CCc1ccc(NC(=O)Cn2nc(C(F)F)c(Br)c2C2CC2)cc1. The first-order valence-corrected chi connectivity index (χ1v) is 8.72. The number of hydrogen-bond donors (Lipinski definition) is 1. The molecule has 0 bridgehead atoms. The first-order valence-electron chi connectivity index (χ1n) is 7.92. The van der Waals surface area contributed by atoms with E-state index in [2.05, 4.69) is 33.3 Å². The lowest BCUT2D eigenvalue weighted by Gasteiger charge is -2.09. The zero-order chi connectivity index (χ0) is 17.3. The van der Waals surface area contributed by atoms with Crippen molar-refractivity contribution >= 4 is 27.5 Å². The molecular weight excluding hydrogens is 380 g/mol. The molecule has 1 heterocycles. The van der Waals surface area contributed by atoms with Gasteiger partial charge in [-0.25, -0.2) is 8.78 Å². The van der Waals surface area contributed by atoms with E-state index in [1.807, 2.05) is 24.3 Å². The number of nitrogens with one attached hydrogen (secondary N) is 1. The molecule has 3 rings (SSSR count). The van der Waals surface area contributed by atoms with Crippen LogP contribution in [0.1, 0.15) is 49.1 Å². The van der Waals surface area contributed by atoms with Crippen LogP contribution in [0.15, 0.2) is 28.7 Å². The molecular formula is C17H18BrF2N3O. The topological polar surface area (TPSA) is 46.9 Å². The zero-order valence-electron chi connectivity index (χ0n) is 13.2. The third kappa shape index (κ3) is 3.66. The normalized spacial score (nSPS) is 14.2. The van der Waals surface area contributed by atoms with Crippen molar-refractivity contribution in [3.8, 4) is 0 Å². The number of carbonyl (C=O) groups excluding carboxylic acids is 1. The van der Waals surface area contributed by atoms with E-state index < -0.39 is 6.43 Å². The highest BCUT2D eigenvalue weighted by molar-refractivity contribution is 9.10.